The minimum absolute atomic E-state index is 0.351. The van der Waals surface area contributed by atoms with Crippen LogP contribution in [0.5, 0.6) is 0 Å². The van der Waals surface area contributed by atoms with E-state index < -0.39 is 0 Å². The summed E-state index contributed by atoms with van der Waals surface area (Å²) >= 11 is 5.67. The van der Waals surface area contributed by atoms with Crippen molar-refractivity contribution in [2.45, 2.75) is 33.2 Å². The molecule has 1 nitrogen and oxygen atoms in total. The van der Waals surface area contributed by atoms with Gasteiger partial charge in [-0.1, -0.05) is 6.92 Å². The summed E-state index contributed by atoms with van der Waals surface area (Å²) < 4.78 is 2.83. The third kappa shape index (κ3) is 2.70. The Kier molecular flexibility index (Phi) is 4.26. The lowest BCUT2D eigenvalue weighted by Crippen LogP contribution is -2.22. The van der Waals surface area contributed by atoms with Gasteiger partial charge in [0.2, 0.25) is 0 Å². The van der Waals surface area contributed by atoms with Crippen molar-refractivity contribution < 1.29 is 0 Å². The fourth-order valence-electron chi connectivity index (χ4n) is 2.52. The maximum absolute atomic E-state index is 3.73. The Balaban J connectivity index is 2.01. The summed E-state index contributed by atoms with van der Waals surface area (Å²) in [5, 5.41) is 5.91. The fourth-order valence-corrected chi connectivity index (χ4v) is 5.69. The lowest BCUT2D eigenvalue weighted by Gasteiger charge is -2.17. The van der Waals surface area contributed by atoms with Crippen LogP contribution in [0.3, 0.4) is 0 Å². The van der Waals surface area contributed by atoms with Crippen molar-refractivity contribution in [2.24, 2.45) is 0 Å². The summed E-state index contributed by atoms with van der Waals surface area (Å²) in [6.45, 7) is 7.72. The van der Waals surface area contributed by atoms with Gasteiger partial charge < -0.3 is 5.32 Å². The van der Waals surface area contributed by atoms with Crippen LogP contribution < -0.4 is 5.32 Å². The third-order valence-electron chi connectivity index (χ3n) is 3.43. The predicted molar refractivity (Wildman–Crippen MR) is 93.6 cm³/mol. The molecule has 20 heavy (non-hydrogen) atoms. The Morgan fingerprint density at radius 2 is 2.00 bits per heavy atom. The maximum atomic E-state index is 3.73. The Morgan fingerprint density at radius 1 is 1.15 bits per heavy atom. The highest BCUT2D eigenvalue weighted by Gasteiger charge is 2.20. The first-order valence-corrected chi connectivity index (χ1v) is 9.47. The van der Waals surface area contributed by atoms with Gasteiger partial charge in [0.05, 0.1) is 6.04 Å². The van der Waals surface area contributed by atoms with Gasteiger partial charge in [-0.3, -0.25) is 0 Å². The second-order valence-electron chi connectivity index (χ2n) is 5.05. The zero-order valence-corrected chi connectivity index (χ0v) is 14.5. The number of fused-ring (bicyclic) bond motifs is 1. The van der Waals surface area contributed by atoms with Crippen LogP contribution in [-0.2, 0) is 0 Å². The van der Waals surface area contributed by atoms with E-state index in [1.807, 2.05) is 34.0 Å². The van der Waals surface area contributed by atoms with Crippen LogP contribution in [0.2, 0.25) is 0 Å². The van der Waals surface area contributed by atoms with Crippen molar-refractivity contribution in [1.82, 2.24) is 5.32 Å². The average molecular weight is 322 g/mol. The highest BCUT2D eigenvalue weighted by atomic mass is 32.1. The third-order valence-corrected chi connectivity index (χ3v) is 6.57. The summed E-state index contributed by atoms with van der Waals surface area (Å²) in [7, 11) is 0. The first-order chi connectivity index (χ1) is 9.69. The van der Waals surface area contributed by atoms with Gasteiger partial charge >= 0.3 is 0 Å². The van der Waals surface area contributed by atoms with E-state index >= 15 is 0 Å². The molecule has 0 fully saturated rings. The number of hydrogen-bond donors (Lipinski definition) is 1. The molecule has 1 atom stereocenters. The number of rotatable bonds is 5. The van der Waals surface area contributed by atoms with Gasteiger partial charge in [0.25, 0.3) is 0 Å². The molecule has 3 rings (SSSR count). The highest BCUT2D eigenvalue weighted by molar-refractivity contribution is 7.27. The predicted octanol–water partition coefficient (Wildman–Crippen LogP) is 5.73. The van der Waals surface area contributed by atoms with Gasteiger partial charge in [-0.05, 0) is 56.0 Å². The first kappa shape index (κ1) is 14.3. The van der Waals surface area contributed by atoms with Crippen LogP contribution in [0.1, 0.15) is 39.6 Å². The van der Waals surface area contributed by atoms with Crippen LogP contribution in [-0.4, -0.2) is 6.54 Å². The Hall–Kier alpha value is -0.680. The fraction of sp³-hybridized carbons (Fsp3) is 0.375. The second kappa shape index (κ2) is 5.98. The molecule has 0 aliphatic carbocycles. The lowest BCUT2D eigenvalue weighted by molar-refractivity contribution is 0.605. The van der Waals surface area contributed by atoms with Gasteiger partial charge in [0.15, 0.2) is 0 Å². The molecule has 0 radical (unpaired) electrons. The molecule has 0 aromatic carbocycles. The Bertz CT molecular complexity index is 676. The average Bonchev–Trinajstić information content (AvgIpc) is 3.05. The zero-order valence-electron chi connectivity index (χ0n) is 12.0. The Labute approximate surface area is 132 Å². The molecule has 0 spiro atoms. The maximum Gasteiger partial charge on any atom is 0.0682 e. The molecule has 0 aliphatic heterocycles. The molecular formula is C16H19NS3. The molecule has 3 aromatic heterocycles. The van der Waals surface area contributed by atoms with E-state index in [0.717, 1.165) is 6.54 Å². The molecule has 0 aliphatic rings. The van der Waals surface area contributed by atoms with Gasteiger partial charge in [-0.15, -0.1) is 34.0 Å². The van der Waals surface area contributed by atoms with E-state index in [9.17, 15) is 0 Å². The largest absolute Gasteiger partial charge is 0.306 e. The smallest absolute Gasteiger partial charge is 0.0682 e. The standard InChI is InChI=1S/C16H19NS3/c1-4-6-17-16(12-8-10(2)19-11(12)3)15-9-14-13(20-15)5-7-18-14/h5,7-9,16-17H,4,6H2,1-3H3. The van der Waals surface area contributed by atoms with Gasteiger partial charge in [0, 0.05) is 24.0 Å². The van der Waals surface area contributed by atoms with Crippen LogP contribution in [0, 0.1) is 13.8 Å². The minimum Gasteiger partial charge on any atom is -0.306 e. The van der Waals surface area contributed by atoms with Crippen LogP contribution in [0.25, 0.3) is 9.40 Å². The van der Waals surface area contributed by atoms with Crippen LogP contribution in [0.15, 0.2) is 23.6 Å². The number of thiophene rings is 3. The van der Waals surface area contributed by atoms with Crippen molar-refractivity contribution >= 4 is 43.4 Å². The first-order valence-electron chi connectivity index (χ1n) is 6.96. The van der Waals surface area contributed by atoms with Gasteiger partial charge in [-0.2, -0.15) is 0 Å². The van der Waals surface area contributed by atoms with Crippen molar-refractivity contribution in [2.75, 3.05) is 6.54 Å². The van der Waals surface area contributed by atoms with E-state index in [-0.39, 0.29) is 0 Å². The van der Waals surface area contributed by atoms with E-state index in [2.05, 4.69) is 49.7 Å². The second-order valence-corrected chi connectivity index (χ2v) is 8.58. The number of nitrogens with one attached hydrogen (secondary N) is 1. The summed E-state index contributed by atoms with van der Waals surface area (Å²) in [6, 6.07) is 7.30. The molecule has 3 aromatic rings. The van der Waals surface area contributed by atoms with Crippen LogP contribution >= 0.6 is 34.0 Å². The molecule has 0 saturated carbocycles. The number of aryl methyl sites for hydroxylation is 2. The highest BCUT2D eigenvalue weighted by Crippen LogP contribution is 2.38. The molecule has 0 saturated heterocycles. The lowest BCUT2D eigenvalue weighted by atomic mass is 10.1. The molecule has 1 N–H and O–H groups in total. The van der Waals surface area contributed by atoms with E-state index in [4.69, 9.17) is 0 Å². The van der Waals surface area contributed by atoms with Crippen LogP contribution in [0.4, 0.5) is 0 Å². The van der Waals surface area contributed by atoms with Gasteiger partial charge in [0.1, 0.15) is 0 Å². The summed E-state index contributed by atoms with van der Waals surface area (Å²) in [4.78, 5) is 4.29. The zero-order chi connectivity index (χ0) is 14.1. The normalized spacial score (nSPS) is 13.2. The molecular weight excluding hydrogens is 302 g/mol. The molecule has 106 valence electrons. The monoisotopic (exact) mass is 321 g/mol. The van der Waals surface area contributed by atoms with E-state index in [1.54, 1.807) is 0 Å². The minimum atomic E-state index is 0.351. The van der Waals surface area contributed by atoms with Crippen molar-refractivity contribution in [3.8, 4) is 0 Å². The molecule has 1 unspecified atom stereocenters. The van der Waals surface area contributed by atoms with Crippen molar-refractivity contribution in [1.29, 1.82) is 0 Å². The number of hydrogen-bond acceptors (Lipinski definition) is 4. The van der Waals surface area contributed by atoms with E-state index in [0.29, 0.717) is 6.04 Å². The summed E-state index contributed by atoms with van der Waals surface area (Å²) in [6.07, 6.45) is 1.17. The van der Waals surface area contributed by atoms with Crippen molar-refractivity contribution in [3.05, 3.63) is 43.8 Å². The summed E-state index contributed by atoms with van der Waals surface area (Å²) in [5.41, 5.74) is 1.45. The quantitative estimate of drug-likeness (QED) is 0.633. The summed E-state index contributed by atoms with van der Waals surface area (Å²) in [5.74, 6) is 0. The Morgan fingerprint density at radius 3 is 2.65 bits per heavy atom. The SMILES string of the molecule is CCCNC(c1cc2sccc2s1)c1cc(C)sc1C. The molecule has 0 bridgehead atoms. The molecule has 0 amide bonds. The molecule has 3 heterocycles. The topological polar surface area (TPSA) is 12.0 Å². The van der Waals surface area contributed by atoms with Gasteiger partial charge in [-0.25, -0.2) is 0 Å². The molecule has 4 heteroatoms. The van der Waals surface area contributed by atoms with Crippen molar-refractivity contribution in [3.63, 3.8) is 0 Å². The van der Waals surface area contributed by atoms with E-state index in [1.165, 1.54) is 36.0 Å².